The summed E-state index contributed by atoms with van der Waals surface area (Å²) in [5.74, 6) is 1.99. The van der Waals surface area contributed by atoms with E-state index in [2.05, 4.69) is 52.2 Å². The summed E-state index contributed by atoms with van der Waals surface area (Å²) in [4.78, 5) is 13.1. The number of hydrogen-bond acceptors (Lipinski definition) is 5. The predicted octanol–water partition coefficient (Wildman–Crippen LogP) is 1.76. The van der Waals surface area contributed by atoms with Gasteiger partial charge >= 0.3 is 0 Å². The van der Waals surface area contributed by atoms with Crippen LogP contribution in [0.4, 0.5) is 11.6 Å². The van der Waals surface area contributed by atoms with E-state index in [1.54, 1.807) is 6.33 Å². The van der Waals surface area contributed by atoms with Gasteiger partial charge in [0.25, 0.3) is 0 Å². The zero-order chi connectivity index (χ0) is 14.1. The minimum atomic E-state index is 0.990. The van der Waals surface area contributed by atoms with Crippen LogP contribution in [0.1, 0.15) is 26.2 Å². The fourth-order valence-corrected chi connectivity index (χ4v) is 1.87. The largest absolute Gasteiger partial charge is 0.360 e. The standard InChI is InChI=1S/C14H27N5/c1-5-6-9-18(3)13-11-14(17-12-16-13)19(4)10-7-8-15-2/h11-12,15H,5-10H2,1-4H3. The van der Waals surface area contributed by atoms with Crippen molar-refractivity contribution in [2.24, 2.45) is 0 Å². The van der Waals surface area contributed by atoms with E-state index in [-0.39, 0.29) is 0 Å². The van der Waals surface area contributed by atoms with E-state index in [0.717, 1.165) is 37.7 Å². The van der Waals surface area contributed by atoms with Crippen LogP contribution in [0.3, 0.4) is 0 Å². The highest BCUT2D eigenvalue weighted by atomic mass is 15.2. The second-order valence-corrected chi connectivity index (χ2v) is 4.89. The fourth-order valence-electron chi connectivity index (χ4n) is 1.87. The third-order valence-corrected chi connectivity index (χ3v) is 3.19. The third kappa shape index (κ3) is 5.42. The number of nitrogens with one attached hydrogen (secondary N) is 1. The van der Waals surface area contributed by atoms with E-state index in [1.165, 1.54) is 12.8 Å². The van der Waals surface area contributed by atoms with Gasteiger partial charge in [0.1, 0.15) is 18.0 Å². The maximum absolute atomic E-state index is 4.35. The van der Waals surface area contributed by atoms with Crippen molar-refractivity contribution >= 4 is 11.6 Å². The molecule has 0 fully saturated rings. The summed E-state index contributed by atoms with van der Waals surface area (Å²) in [6.07, 6.45) is 5.15. The van der Waals surface area contributed by atoms with Gasteiger partial charge in [-0.3, -0.25) is 0 Å². The predicted molar refractivity (Wildman–Crippen MR) is 82.0 cm³/mol. The van der Waals surface area contributed by atoms with E-state index in [1.807, 2.05) is 7.05 Å². The molecule has 1 rings (SSSR count). The van der Waals surface area contributed by atoms with E-state index in [9.17, 15) is 0 Å². The Balaban J connectivity index is 2.60. The van der Waals surface area contributed by atoms with Crippen LogP contribution in [-0.2, 0) is 0 Å². The van der Waals surface area contributed by atoms with Gasteiger partial charge in [0.15, 0.2) is 0 Å². The molecular formula is C14H27N5. The molecule has 0 radical (unpaired) electrons. The molecule has 0 saturated heterocycles. The van der Waals surface area contributed by atoms with Gasteiger partial charge in [0.05, 0.1) is 0 Å². The maximum Gasteiger partial charge on any atom is 0.133 e. The summed E-state index contributed by atoms with van der Waals surface area (Å²) in [5, 5.41) is 3.16. The van der Waals surface area contributed by atoms with E-state index in [4.69, 9.17) is 0 Å². The molecule has 108 valence electrons. The zero-order valence-electron chi connectivity index (χ0n) is 12.7. The minimum Gasteiger partial charge on any atom is -0.360 e. The summed E-state index contributed by atoms with van der Waals surface area (Å²) in [7, 11) is 6.14. The Morgan fingerprint density at radius 1 is 1.05 bits per heavy atom. The molecule has 0 aliphatic carbocycles. The average molecular weight is 265 g/mol. The first-order valence-corrected chi connectivity index (χ1v) is 7.08. The highest BCUT2D eigenvalue weighted by Gasteiger charge is 2.07. The summed E-state index contributed by atoms with van der Waals surface area (Å²) in [6.45, 7) is 5.26. The SMILES string of the molecule is CCCCN(C)c1cc(N(C)CCCNC)ncn1. The van der Waals surface area contributed by atoms with Crippen molar-refractivity contribution in [3.63, 3.8) is 0 Å². The highest BCUT2D eigenvalue weighted by Crippen LogP contribution is 2.16. The first-order valence-electron chi connectivity index (χ1n) is 7.08. The lowest BCUT2D eigenvalue weighted by atomic mass is 10.3. The van der Waals surface area contributed by atoms with Crippen LogP contribution in [0, 0.1) is 0 Å². The van der Waals surface area contributed by atoms with Crippen molar-refractivity contribution < 1.29 is 0 Å². The van der Waals surface area contributed by atoms with Crippen LogP contribution in [0.2, 0.25) is 0 Å². The molecule has 0 aliphatic heterocycles. The molecule has 1 aromatic heterocycles. The molecule has 1 N–H and O–H groups in total. The number of rotatable bonds is 9. The first-order chi connectivity index (χ1) is 9.19. The first kappa shape index (κ1) is 15.7. The van der Waals surface area contributed by atoms with Crippen LogP contribution in [-0.4, -0.2) is 50.7 Å². The molecule has 5 heteroatoms. The maximum atomic E-state index is 4.35. The molecule has 0 amide bonds. The number of anilines is 2. The molecular weight excluding hydrogens is 238 g/mol. The number of unbranched alkanes of at least 4 members (excludes halogenated alkanes) is 1. The molecule has 0 atom stereocenters. The van der Waals surface area contributed by atoms with Gasteiger partial charge in [-0.1, -0.05) is 13.3 Å². The van der Waals surface area contributed by atoms with Gasteiger partial charge in [-0.05, 0) is 26.4 Å². The Kier molecular flexibility index (Phi) is 7.18. The van der Waals surface area contributed by atoms with Gasteiger partial charge < -0.3 is 15.1 Å². The molecule has 0 unspecified atom stereocenters. The minimum absolute atomic E-state index is 0.990. The van der Waals surface area contributed by atoms with Crippen molar-refractivity contribution in [3.05, 3.63) is 12.4 Å². The monoisotopic (exact) mass is 265 g/mol. The molecule has 0 saturated carbocycles. The molecule has 0 aromatic carbocycles. The summed E-state index contributed by atoms with van der Waals surface area (Å²) in [5.41, 5.74) is 0. The molecule has 1 heterocycles. The van der Waals surface area contributed by atoms with Gasteiger partial charge in [0, 0.05) is 33.3 Å². The van der Waals surface area contributed by atoms with Crippen LogP contribution < -0.4 is 15.1 Å². The zero-order valence-corrected chi connectivity index (χ0v) is 12.7. The lowest BCUT2D eigenvalue weighted by Crippen LogP contribution is -2.24. The highest BCUT2D eigenvalue weighted by molar-refractivity contribution is 5.49. The molecule has 5 nitrogen and oxygen atoms in total. The van der Waals surface area contributed by atoms with Gasteiger partial charge in [-0.2, -0.15) is 0 Å². The lowest BCUT2D eigenvalue weighted by molar-refractivity contribution is 0.707. The quantitative estimate of drug-likeness (QED) is 0.689. The van der Waals surface area contributed by atoms with Crippen molar-refractivity contribution in [2.45, 2.75) is 26.2 Å². The Morgan fingerprint density at radius 2 is 1.63 bits per heavy atom. The Bertz CT molecular complexity index is 355. The smallest absolute Gasteiger partial charge is 0.133 e. The summed E-state index contributed by atoms with van der Waals surface area (Å²) >= 11 is 0. The number of nitrogens with zero attached hydrogens (tertiary/aromatic N) is 4. The third-order valence-electron chi connectivity index (χ3n) is 3.19. The van der Waals surface area contributed by atoms with E-state index in [0.29, 0.717) is 0 Å². The molecule has 0 bridgehead atoms. The van der Waals surface area contributed by atoms with Crippen LogP contribution >= 0.6 is 0 Å². The summed E-state index contributed by atoms with van der Waals surface area (Å²) < 4.78 is 0. The summed E-state index contributed by atoms with van der Waals surface area (Å²) in [6, 6.07) is 2.06. The fraction of sp³-hybridized carbons (Fsp3) is 0.714. The van der Waals surface area contributed by atoms with Crippen LogP contribution in [0.25, 0.3) is 0 Å². The normalized spacial score (nSPS) is 10.5. The second kappa shape index (κ2) is 8.69. The molecule has 1 aromatic rings. The Hall–Kier alpha value is -1.36. The molecule has 0 aliphatic rings. The van der Waals surface area contributed by atoms with Crippen molar-refractivity contribution in [2.75, 3.05) is 50.6 Å². The van der Waals surface area contributed by atoms with Crippen molar-refractivity contribution in [1.29, 1.82) is 0 Å². The molecule has 0 spiro atoms. The average Bonchev–Trinajstić information content (AvgIpc) is 2.45. The van der Waals surface area contributed by atoms with E-state index < -0.39 is 0 Å². The van der Waals surface area contributed by atoms with Crippen molar-refractivity contribution in [1.82, 2.24) is 15.3 Å². The van der Waals surface area contributed by atoms with Crippen LogP contribution in [0.15, 0.2) is 12.4 Å². The topological polar surface area (TPSA) is 44.3 Å². The van der Waals surface area contributed by atoms with Gasteiger partial charge in [0.2, 0.25) is 0 Å². The Labute approximate surface area is 117 Å². The number of aromatic nitrogens is 2. The van der Waals surface area contributed by atoms with Gasteiger partial charge in [-0.15, -0.1) is 0 Å². The van der Waals surface area contributed by atoms with Crippen molar-refractivity contribution in [3.8, 4) is 0 Å². The second-order valence-electron chi connectivity index (χ2n) is 4.89. The van der Waals surface area contributed by atoms with E-state index >= 15 is 0 Å². The van der Waals surface area contributed by atoms with Gasteiger partial charge in [-0.25, -0.2) is 9.97 Å². The lowest BCUT2D eigenvalue weighted by Gasteiger charge is -2.21. The Morgan fingerprint density at radius 3 is 2.16 bits per heavy atom. The number of hydrogen-bond donors (Lipinski definition) is 1. The molecule has 19 heavy (non-hydrogen) atoms. The van der Waals surface area contributed by atoms with Crippen LogP contribution in [0.5, 0.6) is 0 Å².